The second-order valence-corrected chi connectivity index (χ2v) is 7.14. The number of rotatable bonds is 5. The normalized spacial score (nSPS) is 11.7. The number of benzene rings is 2. The standard InChI is InChI=1S/C19H14Br2N4O/c20-15-8-6-14(7-9-15)17-11-18(24-23-17)19(26)25-22-12-16(21)10-13-4-2-1-3-5-13/h1-12H,(H,23,24)(H,25,26)/b16-10-,22-12+. The number of aromatic amines is 1. The number of halogens is 2. The van der Waals surface area contributed by atoms with Crippen LogP contribution in [-0.2, 0) is 0 Å². The second kappa shape index (κ2) is 8.73. The predicted molar refractivity (Wildman–Crippen MR) is 111 cm³/mol. The van der Waals surface area contributed by atoms with Gasteiger partial charge in [-0.1, -0.05) is 58.4 Å². The van der Waals surface area contributed by atoms with E-state index in [4.69, 9.17) is 0 Å². The van der Waals surface area contributed by atoms with Gasteiger partial charge in [0.05, 0.1) is 11.9 Å². The van der Waals surface area contributed by atoms with Gasteiger partial charge in [-0.2, -0.15) is 10.2 Å². The maximum atomic E-state index is 12.1. The van der Waals surface area contributed by atoms with Crippen molar-refractivity contribution in [2.45, 2.75) is 0 Å². The highest BCUT2D eigenvalue weighted by Gasteiger charge is 2.10. The van der Waals surface area contributed by atoms with Gasteiger partial charge in [0, 0.05) is 14.5 Å². The molecule has 0 atom stereocenters. The molecule has 2 N–H and O–H groups in total. The maximum absolute atomic E-state index is 12.1. The summed E-state index contributed by atoms with van der Waals surface area (Å²) in [5, 5.41) is 10.8. The lowest BCUT2D eigenvalue weighted by atomic mass is 10.1. The highest BCUT2D eigenvalue weighted by atomic mass is 79.9. The van der Waals surface area contributed by atoms with E-state index in [2.05, 4.69) is 52.6 Å². The number of hydrogen-bond donors (Lipinski definition) is 2. The molecule has 5 nitrogen and oxygen atoms in total. The van der Waals surface area contributed by atoms with Gasteiger partial charge in [-0.25, -0.2) is 5.43 Å². The van der Waals surface area contributed by atoms with E-state index in [0.29, 0.717) is 11.4 Å². The topological polar surface area (TPSA) is 70.1 Å². The zero-order valence-corrected chi connectivity index (χ0v) is 16.7. The van der Waals surface area contributed by atoms with Crippen LogP contribution in [0.25, 0.3) is 17.3 Å². The molecule has 0 aliphatic rings. The van der Waals surface area contributed by atoms with Gasteiger partial charge < -0.3 is 0 Å². The van der Waals surface area contributed by atoms with E-state index in [1.165, 1.54) is 6.21 Å². The Morgan fingerprint density at radius 3 is 2.58 bits per heavy atom. The number of allylic oxidation sites excluding steroid dienone is 1. The molecule has 1 heterocycles. The molecule has 0 unspecified atom stereocenters. The lowest BCUT2D eigenvalue weighted by Crippen LogP contribution is -2.17. The Bertz CT molecular complexity index is 947. The van der Waals surface area contributed by atoms with Crippen molar-refractivity contribution in [1.82, 2.24) is 15.6 Å². The van der Waals surface area contributed by atoms with Gasteiger partial charge in [-0.05, 0) is 45.8 Å². The smallest absolute Gasteiger partial charge is 0.272 e. The molecular weight excluding hydrogens is 460 g/mol. The van der Waals surface area contributed by atoms with E-state index < -0.39 is 0 Å². The average molecular weight is 474 g/mol. The molecule has 0 radical (unpaired) electrons. The Labute approximate surface area is 167 Å². The number of nitrogens with one attached hydrogen (secondary N) is 2. The van der Waals surface area contributed by atoms with Gasteiger partial charge in [-0.3, -0.25) is 9.89 Å². The monoisotopic (exact) mass is 472 g/mol. The van der Waals surface area contributed by atoms with Crippen LogP contribution in [0.2, 0.25) is 0 Å². The molecule has 1 amide bonds. The van der Waals surface area contributed by atoms with Crippen molar-refractivity contribution in [2.75, 3.05) is 0 Å². The molecule has 3 aromatic rings. The van der Waals surface area contributed by atoms with E-state index in [1.807, 2.05) is 60.7 Å². The first-order valence-electron chi connectivity index (χ1n) is 7.69. The summed E-state index contributed by atoms with van der Waals surface area (Å²) in [6.45, 7) is 0. The van der Waals surface area contributed by atoms with Crippen LogP contribution in [0.15, 0.2) is 74.7 Å². The first-order chi connectivity index (χ1) is 12.6. The van der Waals surface area contributed by atoms with Gasteiger partial charge in [0.15, 0.2) is 0 Å². The molecule has 0 saturated carbocycles. The summed E-state index contributed by atoms with van der Waals surface area (Å²) in [6, 6.07) is 19.2. The van der Waals surface area contributed by atoms with E-state index in [0.717, 1.165) is 20.1 Å². The molecule has 2 aromatic carbocycles. The number of carbonyl (C=O) groups is 1. The van der Waals surface area contributed by atoms with Crippen LogP contribution in [0.1, 0.15) is 16.1 Å². The number of H-pyrrole nitrogens is 1. The summed E-state index contributed by atoms with van der Waals surface area (Å²) in [4.78, 5) is 12.1. The van der Waals surface area contributed by atoms with Crippen LogP contribution in [-0.4, -0.2) is 22.3 Å². The molecule has 0 bridgehead atoms. The van der Waals surface area contributed by atoms with Gasteiger partial charge in [0.1, 0.15) is 5.69 Å². The molecule has 0 saturated heterocycles. The number of nitrogens with zero attached hydrogens (tertiary/aromatic N) is 2. The summed E-state index contributed by atoms with van der Waals surface area (Å²) in [5.74, 6) is -0.364. The quantitative estimate of drug-likeness (QED) is 0.404. The van der Waals surface area contributed by atoms with Crippen molar-refractivity contribution in [2.24, 2.45) is 5.10 Å². The summed E-state index contributed by atoms with van der Waals surface area (Å²) in [6.07, 6.45) is 3.42. The van der Waals surface area contributed by atoms with E-state index in [9.17, 15) is 4.79 Å². The first kappa shape index (κ1) is 18.3. The van der Waals surface area contributed by atoms with Crippen molar-refractivity contribution in [1.29, 1.82) is 0 Å². The minimum atomic E-state index is -0.364. The first-order valence-corrected chi connectivity index (χ1v) is 9.27. The van der Waals surface area contributed by atoms with Crippen LogP contribution in [0.5, 0.6) is 0 Å². The van der Waals surface area contributed by atoms with Crippen molar-refractivity contribution in [3.8, 4) is 11.3 Å². The fourth-order valence-electron chi connectivity index (χ4n) is 2.17. The molecular formula is C19H14Br2N4O. The van der Waals surface area contributed by atoms with Crippen molar-refractivity contribution < 1.29 is 4.79 Å². The number of hydrogen-bond acceptors (Lipinski definition) is 3. The van der Waals surface area contributed by atoms with Crippen LogP contribution >= 0.6 is 31.9 Å². The van der Waals surface area contributed by atoms with Gasteiger partial charge in [0.2, 0.25) is 0 Å². The Morgan fingerprint density at radius 1 is 1.12 bits per heavy atom. The van der Waals surface area contributed by atoms with Gasteiger partial charge >= 0.3 is 0 Å². The minimum Gasteiger partial charge on any atom is -0.272 e. The Balaban J connectivity index is 1.62. The van der Waals surface area contributed by atoms with Crippen molar-refractivity contribution in [3.05, 3.63) is 80.9 Å². The highest BCUT2D eigenvalue weighted by molar-refractivity contribution is 9.12. The van der Waals surface area contributed by atoms with Gasteiger partial charge in [0.25, 0.3) is 5.91 Å². The van der Waals surface area contributed by atoms with Crippen LogP contribution in [0.4, 0.5) is 0 Å². The second-order valence-electron chi connectivity index (χ2n) is 5.31. The average Bonchev–Trinajstić information content (AvgIpc) is 3.13. The minimum absolute atomic E-state index is 0.336. The lowest BCUT2D eigenvalue weighted by molar-refractivity contribution is 0.0950. The van der Waals surface area contributed by atoms with Crippen LogP contribution < -0.4 is 5.43 Å². The molecule has 0 aliphatic heterocycles. The molecule has 0 aliphatic carbocycles. The number of hydrazone groups is 1. The largest absolute Gasteiger partial charge is 0.289 e. The summed E-state index contributed by atoms with van der Waals surface area (Å²) in [5.41, 5.74) is 5.45. The summed E-state index contributed by atoms with van der Waals surface area (Å²) < 4.78 is 1.72. The molecule has 26 heavy (non-hydrogen) atoms. The Kier molecular flexibility index (Phi) is 6.14. The SMILES string of the molecule is O=C(N/N=C/C(Br)=C/c1ccccc1)c1cc(-c2ccc(Br)cc2)n[nH]1. The van der Waals surface area contributed by atoms with Crippen LogP contribution in [0, 0.1) is 0 Å². The Hall–Kier alpha value is -2.51. The van der Waals surface area contributed by atoms with Crippen molar-refractivity contribution in [3.63, 3.8) is 0 Å². The number of amides is 1. The zero-order chi connectivity index (χ0) is 18.4. The molecule has 130 valence electrons. The van der Waals surface area contributed by atoms with Gasteiger partial charge in [-0.15, -0.1) is 0 Å². The maximum Gasteiger partial charge on any atom is 0.289 e. The molecule has 0 fully saturated rings. The summed E-state index contributed by atoms with van der Waals surface area (Å²) >= 11 is 6.79. The fourth-order valence-corrected chi connectivity index (χ4v) is 2.80. The molecule has 7 heteroatoms. The molecule has 1 aromatic heterocycles. The lowest BCUT2D eigenvalue weighted by Gasteiger charge is -1.96. The molecule has 0 spiro atoms. The summed E-state index contributed by atoms with van der Waals surface area (Å²) in [7, 11) is 0. The highest BCUT2D eigenvalue weighted by Crippen LogP contribution is 2.20. The zero-order valence-electron chi connectivity index (χ0n) is 13.5. The molecule has 3 rings (SSSR count). The third-order valence-corrected chi connectivity index (χ3v) is 4.38. The third-order valence-electron chi connectivity index (χ3n) is 3.42. The van der Waals surface area contributed by atoms with Crippen molar-refractivity contribution >= 4 is 50.1 Å². The van der Waals surface area contributed by atoms with E-state index in [-0.39, 0.29) is 5.91 Å². The number of aromatic nitrogens is 2. The van der Waals surface area contributed by atoms with E-state index in [1.54, 1.807) is 6.07 Å². The fraction of sp³-hybridized carbons (Fsp3) is 0. The Morgan fingerprint density at radius 2 is 1.85 bits per heavy atom. The number of carbonyl (C=O) groups excluding carboxylic acids is 1. The van der Waals surface area contributed by atoms with Crippen LogP contribution in [0.3, 0.4) is 0 Å². The van der Waals surface area contributed by atoms with E-state index >= 15 is 0 Å². The third kappa shape index (κ3) is 5.00. The predicted octanol–water partition coefficient (Wildman–Crippen LogP) is 4.99.